The molecular weight excluding hydrogens is 411 g/mol. The van der Waals surface area contributed by atoms with E-state index in [1.165, 1.54) is 12.1 Å². The molecule has 1 aliphatic heterocycles. The molecular formula is C21H22F3N5S. The molecule has 0 atom stereocenters. The molecule has 0 unspecified atom stereocenters. The monoisotopic (exact) mass is 433 g/mol. The number of halogens is 3. The molecule has 1 fully saturated rings. The number of alkyl halides is 3. The van der Waals surface area contributed by atoms with Crippen molar-refractivity contribution in [1.82, 2.24) is 19.2 Å². The average molecular weight is 434 g/mol. The van der Waals surface area contributed by atoms with E-state index in [0.29, 0.717) is 30.2 Å². The molecule has 158 valence electrons. The first kappa shape index (κ1) is 20.6. The van der Waals surface area contributed by atoms with Crippen LogP contribution in [0.3, 0.4) is 0 Å². The highest BCUT2D eigenvalue weighted by Gasteiger charge is 2.31. The maximum Gasteiger partial charge on any atom is 0.416 e. The molecule has 2 heterocycles. The van der Waals surface area contributed by atoms with Gasteiger partial charge >= 0.3 is 6.18 Å². The fraction of sp³-hybridized carbons (Fsp3) is 0.333. The SMILES string of the molecule is Cn1c(-c2ccccc2)nn(CN2CCN(c3cccc(C(F)(F)F)c3)CC2)c1=S. The fourth-order valence-electron chi connectivity index (χ4n) is 3.63. The second-order valence-corrected chi connectivity index (χ2v) is 7.69. The van der Waals surface area contributed by atoms with Crippen molar-refractivity contribution in [3.8, 4) is 11.4 Å². The van der Waals surface area contributed by atoms with Crippen molar-refractivity contribution >= 4 is 17.9 Å². The summed E-state index contributed by atoms with van der Waals surface area (Å²) in [6.07, 6.45) is -4.33. The van der Waals surface area contributed by atoms with Crippen LogP contribution in [0.25, 0.3) is 11.4 Å². The van der Waals surface area contributed by atoms with Gasteiger partial charge in [-0.05, 0) is 30.4 Å². The topological polar surface area (TPSA) is 29.2 Å². The van der Waals surface area contributed by atoms with Crippen LogP contribution in [0, 0.1) is 4.77 Å². The highest BCUT2D eigenvalue weighted by atomic mass is 32.1. The first-order chi connectivity index (χ1) is 14.3. The van der Waals surface area contributed by atoms with Crippen molar-refractivity contribution in [2.75, 3.05) is 31.1 Å². The zero-order chi connectivity index (χ0) is 21.3. The van der Waals surface area contributed by atoms with Gasteiger partial charge in [-0.1, -0.05) is 36.4 Å². The summed E-state index contributed by atoms with van der Waals surface area (Å²) >= 11 is 5.55. The van der Waals surface area contributed by atoms with Gasteiger partial charge in [-0.15, -0.1) is 0 Å². The van der Waals surface area contributed by atoms with Crippen molar-refractivity contribution in [2.24, 2.45) is 7.05 Å². The number of piperazine rings is 1. The van der Waals surface area contributed by atoms with Crippen molar-refractivity contribution in [3.63, 3.8) is 0 Å². The van der Waals surface area contributed by atoms with Gasteiger partial charge in [-0.3, -0.25) is 4.90 Å². The number of hydrogen-bond donors (Lipinski definition) is 0. The quantitative estimate of drug-likeness (QED) is 0.570. The summed E-state index contributed by atoms with van der Waals surface area (Å²) in [4.78, 5) is 4.19. The van der Waals surface area contributed by atoms with Crippen LogP contribution in [0.15, 0.2) is 54.6 Å². The molecule has 0 N–H and O–H groups in total. The van der Waals surface area contributed by atoms with E-state index in [-0.39, 0.29) is 0 Å². The highest BCUT2D eigenvalue weighted by molar-refractivity contribution is 7.71. The predicted molar refractivity (Wildman–Crippen MR) is 113 cm³/mol. The molecule has 9 heteroatoms. The molecule has 0 radical (unpaired) electrons. The Labute approximate surface area is 178 Å². The molecule has 1 aromatic heterocycles. The fourth-order valence-corrected chi connectivity index (χ4v) is 3.82. The van der Waals surface area contributed by atoms with Crippen LogP contribution in [-0.2, 0) is 19.9 Å². The lowest BCUT2D eigenvalue weighted by Crippen LogP contribution is -2.47. The van der Waals surface area contributed by atoms with E-state index in [1.54, 1.807) is 10.7 Å². The summed E-state index contributed by atoms with van der Waals surface area (Å²) in [5.74, 6) is 0.809. The summed E-state index contributed by atoms with van der Waals surface area (Å²) in [6, 6.07) is 15.4. The average Bonchev–Trinajstić information content (AvgIpc) is 3.03. The van der Waals surface area contributed by atoms with Gasteiger partial charge in [0.05, 0.1) is 12.2 Å². The Hall–Kier alpha value is -2.65. The third kappa shape index (κ3) is 4.27. The Bertz CT molecular complexity index is 1070. The standard InChI is InChI=1S/C21H22F3N5S/c1-26-19(16-6-3-2-4-7-16)25-29(20(26)30)15-27-10-12-28(13-11-27)18-9-5-8-17(14-18)21(22,23)24/h2-9,14H,10-13,15H2,1H3. The van der Waals surface area contributed by atoms with E-state index in [4.69, 9.17) is 12.2 Å². The van der Waals surface area contributed by atoms with E-state index >= 15 is 0 Å². The lowest BCUT2D eigenvalue weighted by atomic mass is 10.1. The molecule has 0 saturated carbocycles. The number of aromatic nitrogens is 3. The maximum absolute atomic E-state index is 13.0. The molecule has 30 heavy (non-hydrogen) atoms. The second kappa shape index (κ2) is 8.23. The van der Waals surface area contributed by atoms with Crippen LogP contribution in [0.4, 0.5) is 18.9 Å². The van der Waals surface area contributed by atoms with Gasteiger partial charge in [0, 0.05) is 44.5 Å². The van der Waals surface area contributed by atoms with Gasteiger partial charge in [0.1, 0.15) is 0 Å². The Morgan fingerprint density at radius 2 is 1.67 bits per heavy atom. The molecule has 5 nitrogen and oxygen atoms in total. The maximum atomic E-state index is 13.0. The number of rotatable bonds is 4. The largest absolute Gasteiger partial charge is 0.416 e. The van der Waals surface area contributed by atoms with E-state index < -0.39 is 11.7 Å². The normalized spacial score (nSPS) is 15.5. The third-order valence-electron chi connectivity index (χ3n) is 5.32. The lowest BCUT2D eigenvalue weighted by molar-refractivity contribution is -0.137. The molecule has 3 aromatic rings. The summed E-state index contributed by atoms with van der Waals surface area (Å²) in [5, 5.41) is 4.68. The first-order valence-corrected chi connectivity index (χ1v) is 10.1. The Morgan fingerprint density at radius 3 is 2.33 bits per heavy atom. The Kier molecular flexibility index (Phi) is 5.66. The molecule has 0 spiro atoms. The minimum atomic E-state index is -4.33. The van der Waals surface area contributed by atoms with E-state index in [0.717, 1.165) is 30.5 Å². The van der Waals surface area contributed by atoms with Crippen molar-refractivity contribution in [1.29, 1.82) is 0 Å². The van der Waals surface area contributed by atoms with Crippen molar-refractivity contribution in [3.05, 3.63) is 64.9 Å². The first-order valence-electron chi connectivity index (χ1n) is 9.67. The molecule has 1 aliphatic rings. The van der Waals surface area contributed by atoms with Gasteiger partial charge in [-0.25, -0.2) is 4.68 Å². The Morgan fingerprint density at radius 1 is 0.967 bits per heavy atom. The van der Waals surface area contributed by atoms with Crippen molar-refractivity contribution in [2.45, 2.75) is 12.8 Å². The van der Waals surface area contributed by atoms with Crippen LogP contribution in [0.5, 0.6) is 0 Å². The molecule has 0 aliphatic carbocycles. The summed E-state index contributed by atoms with van der Waals surface area (Å²) in [5.41, 5.74) is 0.986. The zero-order valence-electron chi connectivity index (χ0n) is 16.5. The number of benzene rings is 2. The zero-order valence-corrected chi connectivity index (χ0v) is 17.3. The van der Waals surface area contributed by atoms with Crippen LogP contribution in [-0.4, -0.2) is 45.4 Å². The number of hydrogen-bond acceptors (Lipinski definition) is 4. The third-order valence-corrected chi connectivity index (χ3v) is 5.80. The number of anilines is 1. The Balaban J connectivity index is 1.43. The lowest BCUT2D eigenvalue weighted by Gasteiger charge is -2.36. The van der Waals surface area contributed by atoms with Gasteiger partial charge < -0.3 is 9.47 Å². The van der Waals surface area contributed by atoms with Crippen molar-refractivity contribution < 1.29 is 13.2 Å². The second-order valence-electron chi connectivity index (χ2n) is 7.33. The molecule has 0 amide bonds. The number of nitrogens with zero attached hydrogens (tertiary/aromatic N) is 5. The summed E-state index contributed by atoms with van der Waals surface area (Å²) in [7, 11) is 1.90. The summed E-state index contributed by atoms with van der Waals surface area (Å²) < 4.78 is 43.3. The van der Waals surface area contributed by atoms with Gasteiger partial charge in [0.15, 0.2) is 10.6 Å². The van der Waals surface area contributed by atoms with Crippen LogP contribution in [0.2, 0.25) is 0 Å². The minimum Gasteiger partial charge on any atom is -0.369 e. The highest BCUT2D eigenvalue weighted by Crippen LogP contribution is 2.32. The summed E-state index contributed by atoms with van der Waals surface area (Å²) in [6.45, 7) is 3.28. The van der Waals surface area contributed by atoms with E-state index in [2.05, 4.69) is 10.00 Å². The van der Waals surface area contributed by atoms with Crippen LogP contribution < -0.4 is 4.90 Å². The molecule has 1 saturated heterocycles. The minimum absolute atomic E-state index is 0.552. The van der Waals surface area contributed by atoms with E-state index in [9.17, 15) is 13.2 Å². The van der Waals surface area contributed by atoms with Gasteiger partial charge in [0.25, 0.3) is 0 Å². The van der Waals surface area contributed by atoms with E-state index in [1.807, 2.05) is 46.8 Å². The molecule has 2 aromatic carbocycles. The van der Waals surface area contributed by atoms with Crippen LogP contribution in [0.1, 0.15) is 5.56 Å². The smallest absolute Gasteiger partial charge is 0.369 e. The van der Waals surface area contributed by atoms with Gasteiger partial charge in [-0.2, -0.15) is 18.3 Å². The molecule has 4 rings (SSSR count). The molecule has 0 bridgehead atoms. The predicted octanol–water partition coefficient (Wildman–Crippen LogP) is 4.42. The van der Waals surface area contributed by atoms with Gasteiger partial charge in [0.2, 0.25) is 0 Å². The van der Waals surface area contributed by atoms with Crippen LogP contribution >= 0.6 is 12.2 Å².